The highest BCUT2D eigenvalue weighted by Gasteiger charge is 2.20. The van der Waals surface area contributed by atoms with Gasteiger partial charge >= 0.3 is 0 Å². The van der Waals surface area contributed by atoms with Gasteiger partial charge in [-0.2, -0.15) is 0 Å². The Labute approximate surface area is 335 Å². The zero-order valence-corrected chi connectivity index (χ0v) is 32.5. The second-order valence-corrected chi connectivity index (χ2v) is 15.5. The van der Waals surface area contributed by atoms with E-state index in [1.807, 2.05) is 121 Å². The Kier molecular flexibility index (Phi) is 9.67. The summed E-state index contributed by atoms with van der Waals surface area (Å²) in [6.07, 6.45) is 0. The van der Waals surface area contributed by atoms with E-state index in [0.717, 1.165) is 60.8 Å². The largest absolute Gasteiger partial charge is 0.487 e. The van der Waals surface area contributed by atoms with Gasteiger partial charge in [-0.25, -0.2) is 14.6 Å². The van der Waals surface area contributed by atoms with Gasteiger partial charge in [0.2, 0.25) is 0 Å². The lowest BCUT2D eigenvalue weighted by Gasteiger charge is -2.21. The predicted molar refractivity (Wildman–Crippen MR) is 227 cm³/mol. The molecule has 0 N–H and O–H groups in total. The molecule has 0 saturated heterocycles. The van der Waals surface area contributed by atoms with Crippen LogP contribution in [0.15, 0.2) is 150 Å². The van der Waals surface area contributed by atoms with Gasteiger partial charge < -0.3 is 14.0 Å². The predicted octanol–water partition coefficient (Wildman–Crippen LogP) is 9.30. The molecule has 58 heavy (non-hydrogen) atoms. The van der Waals surface area contributed by atoms with Crippen molar-refractivity contribution in [3.05, 3.63) is 184 Å². The molecule has 9 aromatic rings. The zero-order chi connectivity index (χ0) is 39.6. The Bertz CT molecular complexity index is 3000. The maximum Gasteiger partial charge on any atom is 0.262 e. The van der Waals surface area contributed by atoms with E-state index in [2.05, 4.69) is 60.6 Å². The smallest absolute Gasteiger partial charge is 0.262 e. The molecule has 286 valence electrons. The molecule has 5 aromatic carbocycles. The Morgan fingerprint density at radius 2 is 1.19 bits per heavy atom. The first-order valence-corrected chi connectivity index (χ1v) is 19.3. The van der Waals surface area contributed by atoms with E-state index >= 15 is 0 Å². The number of para-hydroxylation sites is 2. The number of aromatic nitrogens is 7. The van der Waals surface area contributed by atoms with Crippen molar-refractivity contribution < 1.29 is 9.47 Å². The molecular formula is C48H41N7O3. The van der Waals surface area contributed by atoms with Crippen LogP contribution in [0.1, 0.15) is 48.8 Å². The van der Waals surface area contributed by atoms with Crippen LogP contribution in [0.5, 0.6) is 11.5 Å². The third-order valence-corrected chi connectivity index (χ3v) is 10.3. The zero-order valence-electron chi connectivity index (χ0n) is 32.5. The summed E-state index contributed by atoms with van der Waals surface area (Å²) >= 11 is 0. The molecule has 0 saturated carbocycles. The van der Waals surface area contributed by atoms with E-state index < -0.39 is 0 Å². The Morgan fingerprint density at radius 3 is 1.81 bits per heavy atom. The summed E-state index contributed by atoms with van der Waals surface area (Å²) in [5.41, 5.74) is 7.46. The Morgan fingerprint density at radius 1 is 0.586 bits per heavy atom. The van der Waals surface area contributed by atoms with Gasteiger partial charge in [0.25, 0.3) is 5.56 Å². The molecule has 0 aliphatic rings. The number of hydrogen-bond donors (Lipinski definition) is 0. The summed E-state index contributed by atoms with van der Waals surface area (Å²) in [5, 5.41) is 15.9. The van der Waals surface area contributed by atoms with Gasteiger partial charge in [0.15, 0.2) is 5.82 Å². The Balaban J connectivity index is 0.996. The molecule has 9 rings (SSSR count). The minimum atomic E-state index is -0.196. The number of nitrogens with zero attached hydrogens (tertiary/aromatic N) is 7. The van der Waals surface area contributed by atoms with Crippen molar-refractivity contribution in [2.45, 2.75) is 52.5 Å². The molecule has 0 unspecified atom stereocenters. The van der Waals surface area contributed by atoms with Gasteiger partial charge in [-0.05, 0) is 105 Å². The molecule has 0 radical (unpaired) electrons. The van der Waals surface area contributed by atoms with Crippen LogP contribution in [-0.2, 0) is 31.7 Å². The van der Waals surface area contributed by atoms with Gasteiger partial charge in [0.1, 0.15) is 24.7 Å². The molecule has 0 aliphatic carbocycles. The topological polar surface area (TPSA) is 110 Å². The molecule has 0 fully saturated rings. The van der Waals surface area contributed by atoms with E-state index in [-0.39, 0.29) is 11.0 Å². The lowest BCUT2D eigenvalue weighted by atomic mass is 9.86. The molecule has 4 aromatic heterocycles. The molecule has 10 nitrogen and oxygen atoms in total. The van der Waals surface area contributed by atoms with Crippen LogP contribution in [0.4, 0.5) is 0 Å². The lowest BCUT2D eigenvalue weighted by molar-refractivity contribution is 0.301. The first kappa shape index (κ1) is 36.4. The van der Waals surface area contributed by atoms with E-state index in [1.54, 1.807) is 9.25 Å². The van der Waals surface area contributed by atoms with E-state index in [4.69, 9.17) is 19.4 Å². The van der Waals surface area contributed by atoms with E-state index in [9.17, 15) is 4.79 Å². The normalized spacial score (nSPS) is 11.7. The summed E-state index contributed by atoms with van der Waals surface area (Å²) < 4.78 is 15.8. The number of tetrazole rings is 1. The third-order valence-electron chi connectivity index (χ3n) is 10.3. The van der Waals surface area contributed by atoms with Crippen LogP contribution >= 0.6 is 0 Å². The van der Waals surface area contributed by atoms with Crippen molar-refractivity contribution in [1.29, 1.82) is 0 Å². The summed E-state index contributed by atoms with van der Waals surface area (Å²) in [5.74, 6) is 1.78. The lowest BCUT2D eigenvalue weighted by Crippen LogP contribution is -2.24. The third kappa shape index (κ3) is 7.77. The highest BCUT2D eigenvalue weighted by Crippen LogP contribution is 2.29. The van der Waals surface area contributed by atoms with E-state index in [1.165, 1.54) is 0 Å². The number of ether oxygens (including phenoxy) is 2. The monoisotopic (exact) mass is 763 g/mol. The fourth-order valence-electron chi connectivity index (χ4n) is 7.19. The van der Waals surface area contributed by atoms with Crippen molar-refractivity contribution in [2.24, 2.45) is 0 Å². The minimum absolute atomic E-state index is 0.0973. The van der Waals surface area contributed by atoms with Crippen LogP contribution in [0.2, 0.25) is 0 Å². The average molecular weight is 764 g/mol. The van der Waals surface area contributed by atoms with Gasteiger partial charge in [0, 0.05) is 10.8 Å². The van der Waals surface area contributed by atoms with Gasteiger partial charge in [-0.3, -0.25) is 4.79 Å². The molecule has 4 heterocycles. The molecule has 0 amide bonds. The molecule has 0 atom stereocenters. The van der Waals surface area contributed by atoms with Crippen molar-refractivity contribution in [3.63, 3.8) is 0 Å². The maximum absolute atomic E-state index is 14.6. The van der Waals surface area contributed by atoms with Crippen LogP contribution in [0.25, 0.3) is 44.1 Å². The number of rotatable bonds is 11. The van der Waals surface area contributed by atoms with Crippen LogP contribution in [0.3, 0.4) is 0 Å². The SMILES string of the molecule is CC(C)(C)c1ccc2c(c1)cc(-c1nnnn1Cc1cccc(OCc3ccc4ccccc4n3)c1)c(=O)n2Cc1cccc(OCc2ccc3ccccc3n2)c1. The van der Waals surface area contributed by atoms with Crippen molar-refractivity contribution in [2.75, 3.05) is 0 Å². The summed E-state index contributed by atoms with van der Waals surface area (Å²) in [6.45, 7) is 7.84. The molecule has 0 spiro atoms. The standard InChI is InChI=1S/C48H41N7O3/c1-48(2,3)37-20-23-45-36(26-37)27-42(47(56)54(45)28-32-10-8-14-40(24-32)57-30-38-21-18-34-12-4-6-16-43(34)49-38)46-51-52-53-55(46)29-33-11-9-15-41(25-33)58-31-39-22-19-35-13-5-7-17-44(35)50-39/h4-27H,28-31H2,1-3H3. The second kappa shape index (κ2) is 15.4. The van der Waals surface area contributed by atoms with Crippen LogP contribution < -0.4 is 15.0 Å². The summed E-state index contributed by atoms with van der Waals surface area (Å²) in [4.78, 5) is 24.1. The summed E-state index contributed by atoms with van der Waals surface area (Å²) in [6, 6.07) is 48.0. The molecule has 0 bridgehead atoms. The Hall–Kier alpha value is -7.20. The average Bonchev–Trinajstić information content (AvgIpc) is 3.70. The number of benzene rings is 5. The number of pyridine rings is 3. The maximum atomic E-state index is 14.6. The van der Waals surface area contributed by atoms with Crippen LogP contribution in [-0.4, -0.2) is 34.7 Å². The summed E-state index contributed by atoms with van der Waals surface area (Å²) in [7, 11) is 0. The van der Waals surface area contributed by atoms with E-state index in [0.29, 0.717) is 49.2 Å². The molecule has 10 heteroatoms. The van der Waals surface area contributed by atoms with Crippen LogP contribution in [0, 0.1) is 0 Å². The molecule has 0 aliphatic heterocycles. The fourth-order valence-corrected chi connectivity index (χ4v) is 7.19. The minimum Gasteiger partial charge on any atom is -0.487 e. The number of fused-ring (bicyclic) bond motifs is 3. The highest BCUT2D eigenvalue weighted by molar-refractivity contribution is 5.84. The van der Waals surface area contributed by atoms with Crippen molar-refractivity contribution in [1.82, 2.24) is 34.7 Å². The number of hydrogen-bond acceptors (Lipinski definition) is 8. The fraction of sp³-hybridized carbons (Fsp3) is 0.167. The first-order chi connectivity index (χ1) is 28.2. The quantitative estimate of drug-likeness (QED) is 0.128. The second-order valence-electron chi connectivity index (χ2n) is 15.5. The van der Waals surface area contributed by atoms with Crippen molar-refractivity contribution >= 4 is 32.7 Å². The highest BCUT2D eigenvalue weighted by atomic mass is 16.5. The van der Waals surface area contributed by atoms with Gasteiger partial charge in [-0.1, -0.05) is 99.6 Å². The molecular weight excluding hydrogens is 723 g/mol. The van der Waals surface area contributed by atoms with Gasteiger partial charge in [0.05, 0.1) is 46.6 Å². The van der Waals surface area contributed by atoms with Gasteiger partial charge in [-0.15, -0.1) is 5.10 Å². The first-order valence-electron chi connectivity index (χ1n) is 19.3. The van der Waals surface area contributed by atoms with Crippen molar-refractivity contribution in [3.8, 4) is 22.9 Å².